The topological polar surface area (TPSA) is 52.6 Å². The molecule has 2 N–H and O–H groups in total. The number of para-hydroxylation sites is 1. The number of anilines is 2. The maximum Gasteiger partial charge on any atom is 0.336 e. The highest BCUT2D eigenvalue weighted by Gasteiger charge is 2.26. The van der Waals surface area contributed by atoms with E-state index in [4.69, 9.17) is 0 Å². The van der Waals surface area contributed by atoms with Crippen LogP contribution in [-0.4, -0.2) is 24.2 Å². The van der Waals surface area contributed by atoms with Gasteiger partial charge in [0.25, 0.3) is 0 Å². The molecule has 178 valence electrons. The van der Waals surface area contributed by atoms with Crippen LogP contribution in [0.4, 0.5) is 15.8 Å². The lowest BCUT2D eigenvalue weighted by Gasteiger charge is -2.37. The molecule has 2 atom stereocenters. The van der Waals surface area contributed by atoms with Crippen LogP contribution in [0.15, 0.2) is 78.9 Å². The van der Waals surface area contributed by atoms with E-state index in [1.54, 1.807) is 12.1 Å². The minimum atomic E-state index is -0.909. The Morgan fingerprint density at radius 1 is 1.06 bits per heavy atom. The number of benzene rings is 4. The van der Waals surface area contributed by atoms with Crippen molar-refractivity contribution in [1.29, 1.82) is 0 Å². The van der Waals surface area contributed by atoms with Crippen molar-refractivity contribution in [3.8, 4) is 0 Å². The summed E-state index contributed by atoms with van der Waals surface area (Å²) < 4.78 is 14.3. The van der Waals surface area contributed by atoms with Gasteiger partial charge in [0.15, 0.2) is 0 Å². The van der Waals surface area contributed by atoms with E-state index in [0.29, 0.717) is 16.9 Å². The number of aromatic carboxylic acids is 1. The predicted molar refractivity (Wildman–Crippen MR) is 139 cm³/mol. The van der Waals surface area contributed by atoms with Gasteiger partial charge in [-0.2, -0.15) is 0 Å². The first kappa shape index (κ1) is 23.1. The van der Waals surface area contributed by atoms with Crippen molar-refractivity contribution >= 4 is 28.1 Å². The summed E-state index contributed by atoms with van der Waals surface area (Å²) in [7, 11) is 0. The molecule has 0 aromatic heterocycles. The molecule has 0 radical (unpaired) electrons. The molecule has 0 aliphatic carbocycles. The summed E-state index contributed by atoms with van der Waals surface area (Å²) in [6, 6.07) is 25.1. The molecule has 1 heterocycles. The number of carboxylic acids is 1. The first-order valence-corrected chi connectivity index (χ1v) is 12.0. The molecule has 5 heteroatoms. The molecule has 4 aromatic carbocycles. The summed E-state index contributed by atoms with van der Waals surface area (Å²) in [4.78, 5) is 14.0. The Labute approximate surface area is 205 Å². The van der Waals surface area contributed by atoms with Crippen LogP contribution in [0.5, 0.6) is 0 Å². The Kier molecular flexibility index (Phi) is 6.27. The molecular weight excluding hydrogens is 439 g/mol. The van der Waals surface area contributed by atoms with Crippen LogP contribution < -0.4 is 10.2 Å². The summed E-state index contributed by atoms with van der Waals surface area (Å²) in [6.45, 7) is 5.51. The summed E-state index contributed by atoms with van der Waals surface area (Å²) in [5, 5.41) is 14.9. The van der Waals surface area contributed by atoms with E-state index in [1.165, 1.54) is 5.56 Å². The molecular formula is C30H29FN2O2. The third kappa shape index (κ3) is 4.52. The number of aryl methyl sites for hydroxylation is 1. The van der Waals surface area contributed by atoms with Gasteiger partial charge in [-0.3, -0.25) is 0 Å². The van der Waals surface area contributed by atoms with Gasteiger partial charge in [0.05, 0.1) is 5.56 Å². The highest BCUT2D eigenvalue weighted by molar-refractivity contribution is 5.91. The van der Waals surface area contributed by atoms with E-state index in [0.717, 1.165) is 47.4 Å². The highest BCUT2D eigenvalue weighted by atomic mass is 19.1. The van der Waals surface area contributed by atoms with Crippen molar-refractivity contribution in [2.24, 2.45) is 5.92 Å². The quantitative estimate of drug-likeness (QED) is 0.333. The number of nitrogens with zero attached hydrogens (tertiary/aromatic N) is 1. The SMILES string of the molecule is Cc1ccc(N2CC(CN[C@H](C)c3ccc(F)c4ccccc34)Cc3ccccc32)cc1C(=O)O. The normalized spacial score (nSPS) is 16.2. The second-order valence-corrected chi connectivity index (χ2v) is 9.43. The standard InChI is InChI=1S/C30H29FN2O2/c1-19-11-12-23(16-27(19)30(34)35)33-18-21(15-22-7-3-6-10-29(22)33)17-32-20(2)24-13-14-28(31)26-9-5-4-8-25(24)26/h3-14,16,20-21,32H,15,17-18H2,1-2H3,(H,34,35)/t20-,21?/m1/s1. The Hall–Kier alpha value is -3.70. The molecule has 1 unspecified atom stereocenters. The molecule has 1 aliphatic rings. The average molecular weight is 469 g/mol. The van der Waals surface area contributed by atoms with Crippen molar-refractivity contribution in [2.45, 2.75) is 26.3 Å². The number of rotatable bonds is 6. The molecule has 0 saturated heterocycles. The van der Waals surface area contributed by atoms with E-state index in [9.17, 15) is 14.3 Å². The van der Waals surface area contributed by atoms with E-state index < -0.39 is 5.97 Å². The molecule has 0 fully saturated rings. The lowest BCUT2D eigenvalue weighted by atomic mass is 9.91. The van der Waals surface area contributed by atoms with Crippen molar-refractivity contribution in [2.75, 3.05) is 18.0 Å². The Morgan fingerprint density at radius 3 is 2.60 bits per heavy atom. The summed E-state index contributed by atoms with van der Waals surface area (Å²) in [6.07, 6.45) is 0.939. The van der Waals surface area contributed by atoms with Gasteiger partial charge in [-0.25, -0.2) is 9.18 Å². The van der Waals surface area contributed by atoms with E-state index in [2.05, 4.69) is 35.3 Å². The monoisotopic (exact) mass is 468 g/mol. The zero-order chi connectivity index (χ0) is 24.5. The van der Waals surface area contributed by atoms with Crippen molar-refractivity contribution in [3.63, 3.8) is 0 Å². The zero-order valence-electron chi connectivity index (χ0n) is 20.0. The van der Waals surface area contributed by atoms with Gasteiger partial charge in [0.1, 0.15) is 5.82 Å². The molecule has 5 rings (SSSR count). The fraction of sp³-hybridized carbons (Fsp3) is 0.233. The fourth-order valence-corrected chi connectivity index (χ4v) is 5.18. The zero-order valence-corrected chi connectivity index (χ0v) is 20.0. The van der Waals surface area contributed by atoms with Gasteiger partial charge in [0, 0.05) is 35.9 Å². The second-order valence-electron chi connectivity index (χ2n) is 9.43. The molecule has 0 spiro atoms. The van der Waals surface area contributed by atoms with Gasteiger partial charge >= 0.3 is 5.97 Å². The smallest absolute Gasteiger partial charge is 0.336 e. The molecule has 0 saturated carbocycles. The first-order valence-electron chi connectivity index (χ1n) is 12.0. The minimum absolute atomic E-state index is 0.0594. The highest BCUT2D eigenvalue weighted by Crippen LogP contribution is 2.36. The van der Waals surface area contributed by atoms with Gasteiger partial charge in [-0.15, -0.1) is 0 Å². The Balaban J connectivity index is 1.39. The fourth-order valence-electron chi connectivity index (χ4n) is 5.18. The van der Waals surface area contributed by atoms with Crippen LogP contribution in [0, 0.1) is 18.7 Å². The third-order valence-electron chi connectivity index (χ3n) is 7.08. The number of hydrogen-bond donors (Lipinski definition) is 2. The largest absolute Gasteiger partial charge is 0.478 e. The minimum Gasteiger partial charge on any atom is -0.478 e. The van der Waals surface area contributed by atoms with E-state index in [1.807, 2.05) is 55.5 Å². The molecule has 0 bridgehead atoms. The second kappa shape index (κ2) is 9.51. The number of halogens is 1. The summed E-state index contributed by atoms with van der Waals surface area (Å²) in [5.41, 5.74) is 5.44. The van der Waals surface area contributed by atoms with Gasteiger partial charge in [-0.05, 0) is 72.5 Å². The van der Waals surface area contributed by atoms with Crippen molar-refractivity contribution in [3.05, 3.63) is 107 Å². The molecule has 1 aliphatic heterocycles. The van der Waals surface area contributed by atoms with Crippen molar-refractivity contribution < 1.29 is 14.3 Å². The molecule has 4 aromatic rings. The van der Waals surface area contributed by atoms with Gasteiger partial charge in [0.2, 0.25) is 0 Å². The van der Waals surface area contributed by atoms with Gasteiger partial charge < -0.3 is 15.3 Å². The van der Waals surface area contributed by atoms with Crippen LogP contribution in [0.3, 0.4) is 0 Å². The number of fused-ring (bicyclic) bond motifs is 2. The van der Waals surface area contributed by atoms with Crippen LogP contribution in [0.25, 0.3) is 10.8 Å². The van der Waals surface area contributed by atoms with Crippen molar-refractivity contribution in [1.82, 2.24) is 5.32 Å². The number of hydrogen-bond acceptors (Lipinski definition) is 3. The van der Waals surface area contributed by atoms with Crippen LogP contribution in [0.2, 0.25) is 0 Å². The Bertz CT molecular complexity index is 1400. The van der Waals surface area contributed by atoms with Gasteiger partial charge in [-0.1, -0.05) is 54.6 Å². The van der Waals surface area contributed by atoms with Crippen LogP contribution in [-0.2, 0) is 6.42 Å². The summed E-state index contributed by atoms with van der Waals surface area (Å²) >= 11 is 0. The molecule has 4 nitrogen and oxygen atoms in total. The maximum atomic E-state index is 14.3. The number of nitrogens with one attached hydrogen (secondary N) is 1. The van der Waals surface area contributed by atoms with Crippen LogP contribution >= 0.6 is 0 Å². The average Bonchev–Trinajstić information content (AvgIpc) is 2.87. The Morgan fingerprint density at radius 2 is 1.80 bits per heavy atom. The molecule has 0 amide bonds. The lowest BCUT2D eigenvalue weighted by Crippen LogP contribution is -2.38. The summed E-state index contributed by atoms with van der Waals surface area (Å²) in [5.74, 6) is -0.781. The predicted octanol–water partition coefficient (Wildman–Crippen LogP) is 6.65. The first-order chi connectivity index (χ1) is 16.9. The van der Waals surface area contributed by atoms with E-state index >= 15 is 0 Å². The molecule has 35 heavy (non-hydrogen) atoms. The third-order valence-corrected chi connectivity index (χ3v) is 7.08. The number of carbonyl (C=O) groups is 1. The maximum absolute atomic E-state index is 14.3. The van der Waals surface area contributed by atoms with Crippen LogP contribution in [0.1, 0.15) is 40.0 Å². The number of carboxylic acid groups (broad SMARTS) is 1. The lowest BCUT2D eigenvalue weighted by molar-refractivity contribution is 0.0696. The van der Waals surface area contributed by atoms with E-state index in [-0.39, 0.29) is 11.9 Å².